The highest BCUT2D eigenvalue weighted by molar-refractivity contribution is 5.83. The van der Waals surface area contributed by atoms with E-state index in [4.69, 9.17) is 4.74 Å². The molecule has 0 radical (unpaired) electrons. The molecule has 1 aliphatic heterocycles. The van der Waals surface area contributed by atoms with Gasteiger partial charge in [-0.05, 0) is 31.5 Å². The molecule has 106 valence electrons. The Bertz CT molecular complexity index is 685. The van der Waals surface area contributed by atoms with Crippen LogP contribution in [0.15, 0.2) is 23.0 Å². The predicted octanol–water partition coefficient (Wildman–Crippen LogP) is 2.24. The summed E-state index contributed by atoms with van der Waals surface area (Å²) in [5.74, 6) is 0. The van der Waals surface area contributed by atoms with Gasteiger partial charge in [-0.1, -0.05) is 6.92 Å². The molecule has 4 heteroatoms. The molecule has 3 rings (SSSR count). The lowest BCUT2D eigenvalue weighted by molar-refractivity contribution is 0.122. The number of anilines is 1. The van der Waals surface area contributed by atoms with Gasteiger partial charge < -0.3 is 14.6 Å². The van der Waals surface area contributed by atoms with Crippen molar-refractivity contribution < 1.29 is 4.74 Å². The van der Waals surface area contributed by atoms with Crippen LogP contribution in [0.3, 0.4) is 0 Å². The van der Waals surface area contributed by atoms with Gasteiger partial charge in [-0.25, -0.2) is 0 Å². The molecule has 0 unspecified atom stereocenters. The molecule has 2 aromatic rings. The molecule has 1 N–H and O–H groups in total. The van der Waals surface area contributed by atoms with Gasteiger partial charge >= 0.3 is 0 Å². The number of aromatic amines is 1. The molecule has 1 fully saturated rings. The van der Waals surface area contributed by atoms with Gasteiger partial charge in [0.1, 0.15) is 0 Å². The zero-order valence-electron chi connectivity index (χ0n) is 12.0. The Morgan fingerprint density at radius 3 is 2.75 bits per heavy atom. The zero-order chi connectivity index (χ0) is 14.1. The molecule has 0 bridgehead atoms. The minimum atomic E-state index is 0.161. The maximum atomic E-state index is 12.6. The fourth-order valence-electron chi connectivity index (χ4n) is 2.88. The quantitative estimate of drug-likeness (QED) is 0.912. The van der Waals surface area contributed by atoms with Crippen LogP contribution in [0.4, 0.5) is 5.69 Å². The molecule has 1 saturated heterocycles. The largest absolute Gasteiger partial charge is 0.378 e. The van der Waals surface area contributed by atoms with E-state index in [2.05, 4.69) is 16.0 Å². The van der Waals surface area contributed by atoms with Crippen molar-refractivity contribution in [3.8, 4) is 0 Å². The van der Waals surface area contributed by atoms with Crippen LogP contribution in [0.5, 0.6) is 0 Å². The number of pyridine rings is 1. The maximum Gasteiger partial charge on any atom is 0.192 e. The lowest BCUT2D eigenvalue weighted by Gasteiger charge is -2.29. The van der Waals surface area contributed by atoms with Gasteiger partial charge in [0.2, 0.25) is 0 Å². The SMILES string of the molecule is CCc1c(C)[nH]c2ccc(N3CCOCC3)cc2c1=O. The number of ether oxygens (including phenoxy) is 1. The molecular formula is C16H20N2O2. The van der Waals surface area contributed by atoms with Gasteiger partial charge in [0.25, 0.3) is 0 Å². The van der Waals surface area contributed by atoms with Crippen molar-refractivity contribution in [1.82, 2.24) is 4.98 Å². The molecule has 1 aliphatic rings. The first kappa shape index (κ1) is 13.2. The highest BCUT2D eigenvalue weighted by Gasteiger charge is 2.13. The number of H-pyrrole nitrogens is 1. The Kier molecular flexibility index (Phi) is 3.49. The number of morpholine rings is 1. The molecule has 0 saturated carbocycles. The van der Waals surface area contributed by atoms with Crippen LogP contribution in [-0.4, -0.2) is 31.3 Å². The van der Waals surface area contributed by atoms with Crippen LogP contribution < -0.4 is 10.3 Å². The monoisotopic (exact) mass is 272 g/mol. The fraction of sp³-hybridized carbons (Fsp3) is 0.438. The number of aromatic nitrogens is 1. The van der Waals surface area contributed by atoms with Gasteiger partial charge in [-0.15, -0.1) is 0 Å². The summed E-state index contributed by atoms with van der Waals surface area (Å²) >= 11 is 0. The van der Waals surface area contributed by atoms with Gasteiger partial charge in [-0.2, -0.15) is 0 Å². The van der Waals surface area contributed by atoms with Crippen molar-refractivity contribution in [2.75, 3.05) is 31.2 Å². The van der Waals surface area contributed by atoms with E-state index >= 15 is 0 Å². The van der Waals surface area contributed by atoms with Crippen molar-refractivity contribution in [1.29, 1.82) is 0 Å². The third-order valence-corrected chi connectivity index (χ3v) is 4.03. The van der Waals surface area contributed by atoms with E-state index in [0.717, 1.165) is 60.6 Å². The topological polar surface area (TPSA) is 45.3 Å². The van der Waals surface area contributed by atoms with Crippen molar-refractivity contribution in [2.45, 2.75) is 20.3 Å². The molecule has 0 amide bonds. The summed E-state index contributed by atoms with van der Waals surface area (Å²) in [6.07, 6.45) is 0.763. The number of nitrogens with one attached hydrogen (secondary N) is 1. The van der Waals surface area contributed by atoms with Crippen molar-refractivity contribution in [2.24, 2.45) is 0 Å². The Hall–Kier alpha value is -1.81. The third-order valence-electron chi connectivity index (χ3n) is 4.03. The highest BCUT2D eigenvalue weighted by Crippen LogP contribution is 2.21. The van der Waals surface area contributed by atoms with Gasteiger partial charge in [-0.3, -0.25) is 4.79 Å². The first-order chi connectivity index (χ1) is 9.70. The lowest BCUT2D eigenvalue weighted by Crippen LogP contribution is -2.36. The van der Waals surface area contributed by atoms with Gasteiger partial charge in [0, 0.05) is 40.9 Å². The number of hydrogen-bond acceptors (Lipinski definition) is 3. The molecule has 1 aromatic heterocycles. The van der Waals surface area contributed by atoms with Crippen LogP contribution in [0.25, 0.3) is 10.9 Å². The van der Waals surface area contributed by atoms with Crippen LogP contribution in [0, 0.1) is 6.92 Å². The Morgan fingerprint density at radius 1 is 1.30 bits per heavy atom. The minimum absolute atomic E-state index is 0.161. The number of rotatable bonds is 2. The predicted molar refractivity (Wildman–Crippen MR) is 81.7 cm³/mol. The number of benzene rings is 1. The van der Waals surface area contributed by atoms with Crippen molar-refractivity contribution >= 4 is 16.6 Å². The summed E-state index contributed by atoms with van der Waals surface area (Å²) in [7, 11) is 0. The fourth-order valence-corrected chi connectivity index (χ4v) is 2.88. The summed E-state index contributed by atoms with van der Waals surface area (Å²) < 4.78 is 5.38. The normalized spacial score (nSPS) is 15.8. The smallest absolute Gasteiger partial charge is 0.192 e. The van der Waals surface area contributed by atoms with Crippen molar-refractivity contribution in [3.05, 3.63) is 39.7 Å². The molecule has 2 heterocycles. The second-order valence-electron chi connectivity index (χ2n) is 5.24. The van der Waals surface area contributed by atoms with Crippen molar-refractivity contribution in [3.63, 3.8) is 0 Å². The first-order valence-electron chi connectivity index (χ1n) is 7.19. The van der Waals surface area contributed by atoms with E-state index in [9.17, 15) is 4.79 Å². The van der Waals surface area contributed by atoms with Gasteiger partial charge in [0.05, 0.1) is 13.2 Å². The molecule has 0 spiro atoms. The van der Waals surface area contributed by atoms with Crippen LogP contribution in [-0.2, 0) is 11.2 Å². The highest BCUT2D eigenvalue weighted by atomic mass is 16.5. The summed E-state index contributed by atoms with van der Waals surface area (Å²) in [5, 5.41) is 0.788. The first-order valence-corrected chi connectivity index (χ1v) is 7.19. The van der Waals surface area contributed by atoms with E-state index in [1.807, 2.05) is 26.0 Å². The summed E-state index contributed by atoms with van der Waals surface area (Å²) in [6, 6.07) is 6.10. The third kappa shape index (κ3) is 2.20. The van der Waals surface area contributed by atoms with E-state index < -0.39 is 0 Å². The molecule has 20 heavy (non-hydrogen) atoms. The molecule has 0 atom stereocenters. The number of hydrogen-bond donors (Lipinski definition) is 1. The van der Waals surface area contributed by atoms with E-state index in [0.29, 0.717) is 0 Å². The van der Waals surface area contributed by atoms with Crippen LogP contribution in [0.2, 0.25) is 0 Å². The van der Waals surface area contributed by atoms with Crippen LogP contribution >= 0.6 is 0 Å². The molecular weight excluding hydrogens is 252 g/mol. The number of fused-ring (bicyclic) bond motifs is 1. The Balaban J connectivity index is 2.12. The average molecular weight is 272 g/mol. The molecule has 0 aliphatic carbocycles. The summed E-state index contributed by atoms with van der Waals surface area (Å²) in [5.41, 5.74) is 4.05. The number of nitrogens with zero attached hydrogens (tertiary/aromatic N) is 1. The van der Waals surface area contributed by atoms with Crippen LogP contribution in [0.1, 0.15) is 18.2 Å². The second-order valence-corrected chi connectivity index (χ2v) is 5.24. The molecule has 1 aromatic carbocycles. The second kappa shape index (κ2) is 5.29. The molecule has 4 nitrogen and oxygen atoms in total. The maximum absolute atomic E-state index is 12.6. The Labute approximate surface area is 118 Å². The number of aryl methyl sites for hydroxylation is 1. The summed E-state index contributed by atoms with van der Waals surface area (Å²) in [6.45, 7) is 7.27. The van der Waals surface area contributed by atoms with E-state index in [1.165, 1.54) is 0 Å². The summed E-state index contributed by atoms with van der Waals surface area (Å²) in [4.78, 5) is 18.2. The Morgan fingerprint density at radius 2 is 2.05 bits per heavy atom. The van der Waals surface area contributed by atoms with Gasteiger partial charge in [0.15, 0.2) is 5.43 Å². The van der Waals surface area contributed by atoms with E-state index in [1.54, 1.807) is 0 Å². The zero-order valence-corrected chi connectivity index (χ0v) is 12.0. The average Bonchev–Trinajstić information content (AvgIpc) is 2.48. The lowest BCUT2D eigenvalue weighted by atomic mass is 10.1. The minimum Gasteiger partial charge on any atom is -0.378 e. The standard InChI is InChI=1S/C16H20N2O2/c1-3-13-11(2)17-15-5-4-12(10-14(15)16(13)19)18-6-8-20-9-7-18/h4-5,10H,3,6-9H2,1-2H3,(H,17,19). The van der Waals surface area contributed by atoms with E-state index in [-0.39, 0.29) is 5.43 Å².